The maximum atomic E-state index is 10.1. The van der Waals surface area contributed by atoms with Crippen molar-refractivity contribution in [3.63, 3.8) is 0 Å². The smallest absolute Gasteiger partial charge is 0.0998 e. The molecule has 1 saturated carbocycles. The predicted octanol–water partition coefficient (Wildman–Crippen LogP) is 2.35. The minimum Gasteiger partial charge on any atom is -0.386 e. The van der Waals surface area contributed by atoms with Gasteiger partial charge in [-0.05, 0) is 41.1 Å². The summed E-state index contributed by atoms with van der Waals surface area (Å²) < 4.78 is 2.78. The summed E-state index contributed by atoms with van der Waals surface area (Å²) in [5.41, 5.74) is 0.932. The van der Waals surface area contributed by atoms with Crippen molar-refractivity contribution in [3.05, 3.63) is 16.4 Å². The molecule has 14 heavy (non-hydrogen) atoms. The highest BCUT2D eigenvalue weighted by Crippen LogP contribution is 2.47. The summed E-state index contributed by atoms with van der Waals surface area (Å²) in [5, 5.41) is 14.3. The van der Waals surface area contributed by atoms with Crippen LogP contribution in [0.25, 0.3) is 0 Å². The lowest BCUT2D eigenvalue weighted by Crippen LogP contribution is -2.10. The summed E-state index contributed by atoms with van der Waals surface area (Å²) in [4.78, 5) is 0. The zero-order valence-corrected chi connectivity index (χ0v) is 10.0. The van der Waals surface area contributed by atoms with Gasteiger partial charge in [0.1, 0.15) is 0 Å². The summed E-state index contributed by atoms with van der Waals surface area (Å²) in [6, 6.07) is 0. The molecule has 4 heteroatoms. The number of aryl methyl sites for hydroxylation is 1. The second kappa shape index (κ2) is 3.66. The number of hydrogen-bond donors (Lipinski definition) is 1. The van der Waals surface area contributed by atoms with E-state index in [1.165, 1.54) is 0 Å². The van der Waals surface area contributed by atoms with E-state index in [9.17, 15) is 5.11 Å². The average Bonchev–Trinajstić information content (AvgIpc) is 2.76. The van der Waals surface area contributed by atoms with Gasteiger partial charge in [0, 0.05) is 6.54 Å². The van der Waals surface area contributed by atoms with Crippen molar-refractivity contribution in [1.82, 2.24) is 9.78 Å². The zero-order valence-electron chi connectivity index (χ0n) is 8.44. The highest BCUT2D eigenvalue weighted by Gasteiger charge is 2.41. The standard InChI is InChI=1S/C10H15BrN2O/c1-3-13-9(8(11)5-12-13)10(14)7-4-6(7)2/h5-7,10,14H,3-4H2,1-2H3. The molecule has 1 heterocycles. The Morgan fingerprint density at radius 2 is 2.43 bits per heavy atom. The topological polar surface area (TPSA) is 38.0 Å². The van der Waals surface area contributed by atoms with Crippen LogP contribution < -0.4 is 0 Å². The van der Waals surface area contributed by atoms with Gasteiger partial charge in [0.05, 0.1) is 22.5 Å². The van der Waals surface area contributed by atoms with Crippen LogP contribution in [0.5, 0.6) is 0 Å². The summed E-state index contributed by atoms with van der Waals surface area (Å²) in [6.07, 6.45) is 2.53. The fourth-order valence-electron chi connectivity index (χ4n) is 1.91. The summed E-state index contributed by atoms with van der Waals surface area (Å²) in [5.74, 6) is 1.07. The number of aliphatic hydroxyl groups is 1. The first-order chi connectivity index (χ1) is 6.65. The minimum absolute atomic E-state index is 0.359. The molecule has 0 bridgehead atoms. The lowest BCUT2D eigenvalue weighted by molar-refractivity contribution is 0.137. The van der Waals surface area contributed by atoms with Crippen LogP contribution in [0.3, 0.4) is 0 Å². The molecule has 1 N–H and O–H groups in total. The number of halogens is 1. The van der Waals surface area contributed by atoms with Crippen LogP contribution in [0.2, 0.25) is 0 Å². The lowest BCUT2D eigenvalue weighted by Gasteiger charge is -2.12. The molecule has 3 atom stereocenters. The Balaban J connectivity index is 2.25. The fraction of sp³-hybridized carbons (Fsp3) is 0.700. The Kier molecular flexibility index (Phi) is 2.66. The van der Waals surface area contributed by atoms with Gasteiger partial charge in [-0.25, -0.2) is 0 Å². The van der Waals surface area contributed by atoms with Crippen molar-refractivity contribution in [3.8, 4) is 0 Å². The Morgan fingerprint density at radius 3 is 2.93 bits per heavy atom. The zero-order chi connectivity index (χ0) is 10.3. The van der Waals surface area contributed by atoms with Gasteiger partial charge < -0.3 is 5.11 Å². The quantitative estimate of drug-likeness (QED) is 0.904. The number of hydrogen-bond acceptors (Lipinski definition) is 2. The van der Waals surface area contributed by atoms with Gasteiger partial charge in [-0.1, -0.05) is 6.92 Å². The molecule has 1 aromatic heterocycles. The highest BCUT2D eigenvalue weighted by atomic mass is 79.9. The van der Waals surface area contributed by atoms with Crippen LogP contribution in [0.4, 0.5) is 0 Å². The molecule has 0 aromatic carbocycles. The van der Waals surface area contributed by atoms with Crippen LogP contribution in [-0.4, -0.2) is 14.9 Å². The molecule has 1 fully saturated rings. The van der Waals surface area contributed by atoms with Gasteiger partial charge in [-0.15, -0.1) is 0 Å². The molecular formula is C10H15BrN2O. The van der Waals surface area contributed by atoms with E-state index in [1.54, 1.807) is 6.20 Å². The second-order valence-electron chi connectivity index (χ2n) is 4.02. The molecule has 1 aliphatic rings. The van der Waals surface area contributed by atoms with Crippen molar-refractivity contribution in [2.75, 3.05) is 0 Å². The Hall–Kier alpha value is -0.350. The van der Waals surface area contributed by atoms with E-state index >= 15 is 0 Å². The summed E-state index contributed by atoms with van der Waals surface area (Å²) in [6.45, 7) is 5.01. The van der Waals surface area contributed by atoms with E-state index in [-0.39, 0.29) is 6.10 Å². The van der Waals surface area contributed by atoms with Crippen molar-refractivity contribution >= 4 is 15.9 Å². The van der Waals surface area contributed by atoms with Crippen molar-refractivity contribution in [2.24, 2.45) is 11.8 Å². The first kappa shape index (κ1) is 10.2. The molecule has 0 amide bonds. The fourth-order valence-corrected chi connectivity index (χ4v) is 2.44. The lowest BCUT2D eigenvalue weighted by atomic mass is 10.1. The van der Waals surface area contributed by atoms with E-state index in [0.717, 1.165) is 23.1 Å². The van der Waals surface area contributed by atoms with Crippen LogP contribution in [0.15, 0.2) is 10.7 Å². The van der Waals surface area contributed by atoms with E-state index in [2.05, 4.69) is 28.0 Å². The molecule has 0 spiro atoms. The molecule has 0 aliphatic heterocycles. The average molecular weight is 259 g/mol. The van der Waals surface area contributed by atoms with Gasteiger partial charge >= 0.3 is 0 Å². The Morgan fingerprint density at radius 1 is 1.79 bits per heavy atom. The third-order valence-corrected chi connectivity index (χ3v) is 3.60. The molecule has 3 nitrogen and oxygen atoms in total. The molecule has 0 saturated heterocycles. The minimum atomic E-state index is -0.359. The van der Waals surface area contributed by atoms with Crippen molar-refractivity contribution in [1.29, 1.82) is 0 Å². The van der Waals surface area contributed by atoms with Crippen molar-refractivity contribution < 1.29 is 5.11 Å². The molecule has 0 radical (unpaired) electrons. The number of nitrogens with zero attached hydrogens (tertiary/aromatic N) is 2. The van der Waals surface area contributed by atoms with Gasteiger partial charge in [-0.3, -0.25) is 4.68 Å². The van der Waals surface area contributed by atoms with E-state index in [0.29, 0.717) is 11.8 Å². The van der Waals surface area contributed by atoms with Crippen LogP contribution in [0, 0.1) is 11.8 Å². The van der Waals surface area contributed by atoms with Crippen LogP contribution in [0.1, 0.15) is 32.1 Å². The maximum absolute atomic E-state index is 10.1. The normalized spacial score (nSPS) is 27.7. The number of aliphatic hydroxyl groups excluding tert-OH is 1. The van der Waals surface area contributed by atoms with Crippen LogP contribution in [-0.2, 0) is 6.54 Å². The van der Waals surface area contributed by atoms with E-state index in [1.807, 2.05) is 11.6 Å². The third kappa shape index (κ3) is 1.61. The maximum Gasteiger partial charge on any atom is 0.0998 e. The van der Waals surface area contributed by atoms with Gasteiger partial charge in [0.15, 0.2) is 0 Å². The molecule has 3 unspecified atom stereocenters. The first-order valence-electron chi connectivity index (χ1n) is 5.04. The molecule has 78 valence electrons. The Labute approximate surface area is 92.2 Å². The highest BCUT2D eigenvalue weighted by molar-refractivity contribution is 9.10. The predicted molar refractivity (Wildman–Crippen MR) is 57.8 cm³/mol. The molecule has 1 aliphatic carbocycles. The van der Waals surface area contributed by atoms with E-state index in [4.69, 9.17) is 0 Å². The van der Waals surface area contributed by atoms with Crippen molar-refractivity contribution in [2.45, 2.75) is 32.9 Å². The van der Waals surface area contributed by atoms with Crippen LogP contribution >= 0.6 is 15.9 Å². The third-order valence-electron chi connectivity index (χ3n) is 2.99. The first-order valence-corrected chi connectivity index (χ1v) is 5.83. The van der Waals surface area contributed by atoms with E-state index < -0.39 is 0 Å². The number of rotatable bonds is 3. The molecular weight excluding hydrogens is 244 g/mol. The molecule has 1 aromatic rings. The largest absolute Gasteiger partial charge is 0.386 e. The summed E-state index contributed by atoms with van der Waals surface area (Å²) >= 11 is 3.43. The van der Waals surface area contributed by atoms with Gasteiger partial charge in [-0.2, -0.15) is 5.10 Å². The summed E-state index contributed by atoms with van der Waals surface area (Å²) in [7, 11) is 0. The number of aromatic nitrogens is 2. The van der Waals surface area contributed by atoms with Gasteiger partial charge in [0.25, 0.3) is 0 Å². The second-order valence-corrected chi connectivity index (χ2v) is 4.87. The monoisotopic (exact) mass is 258 g/mol. The Bertz CT molecular complexity index is 337. The molecule has 2 rings (SSSR count). The van der Waals surface area contributed by atoms with Gasteiger partial charge in [0.2, 0.25) is 0 Å². The SMILES string of the molecule is CCn1ncc(Br)c1C(O)C1CC1C.